The zero-order chi connectivity index (χ0) is 13.5. The lowest BCUT2D eigenvalue weighted by Gasteiger charge is -2.11. The maximum absolute atomic E-state index is 11.8. The minimum absolute atomic E-state index is 0.314. The third kappa shape index (κ3) is 5.02. The van der Waals surface area contributed by atoms with Crippen LogP contribution in [-0.4, -0.2) is 31.6 Å². The molecule has 18 heavy (non-hydrogen) atoms. The smallest absolute Gasteiger partial charge is 0.346 e. The van der Waals surface area contributed by atoms with E-state index in [9.17, 15) is 4.79 Å². The third-order valence-electron chi connectivity index (χ3n) is 1.89. The molecule has 0 saturated carbocycles. The van der Waals surface area contributed by atoms with Crippen molar-refractivity contribution in [2.24, 2.45) is 0 Å². The SMILES string of the molecule is CCOC(=O)/C(=C\N(C)C)Sc1ccc(Cl)cc1. The number of esters is 1. The van der Waals surface area contributed by atoms with Crippen LogP contribution in [0.5, 0.6) is 0 Å². The van der Waals surface area contributed by atoms with Gasteiger partial charge in [-0.2, -0.15) is 0 Å². The number of hydrogen-bond acceptors (Lipinski definition) is 4. The van der Waals surface area contributed by atoms with Crippen LogP contribution in [-0.2, 0) is 9.53 Å². The van der Waals surface area contributed by atoms with E-state index in [2.05, 4.69) is 0 Å². The molecule has 0 aliphatic heterocycles. The van der Waals surface area contributed by atoms with E-state index in [1.165, 1.54) is 11.8 Å². The fourth-order valence-corrected chi connectivity index (χ4v) is 2.24. The Labute approximate surface area is 117 Å². The molecule has 5 heteroatoms. The zero-order valence-corrected chi connectivity index (χ0v) is 12.2. The van der Waals surface area contributed by atoms with Crippen LogP contribution in [0.1, 0.15) is 6.92 Å². The van der Waals surface area contributed by atoms with Gasteiger partial charge in [-0.25, -0.2) is 4.79 Å². The Morgan fingerprint density at radius 1 is 1.39 bits per heavy atom. The highest BCUT2D eigenvalue weighted by molar-refractivity contribution is 8.04. The topological polar surface area (TPSA) is 29.5 Å². The monoisotopic (exact) mass is 285 g/mol. The molecule has 0 fully saturated rings. The molecule has 0 saturated heterocycles. The predicted molar refractivity (Wildman–Crippen MR) is 75.7 cm³/mol. The highest BCUT2D eigenvalue weighted by atomic mass is 35.5. The number of rotatable bonds is 5. The lowest BCUT2D eigenvalue weighted by Crippen LogP contribution is -2.10. The second-order valence-electron chi connectivity index (χ2n) is 3.73. The Morgan fingerprint density at radius 2 is 2.00 bits per heavy atom. The van der Waals surface area contributed by atoms with Crippen LogP contribution in [0.25, 0.3) is 0 Å². The first-order valence-electron chi connectivity index (χ1n) is 5.51. The lowest BCUT2D eigenvalue weighted by atomic mass is 10.4. The van der Waals surface area contributed by atoms with E-state index in [1.807, 2.05) is 31.1 Å². The van der Waals surface area contributed by atoms with Crippen molar-refractivity contribution in [3.8, 4) is 0 Å². The molecule has 0 atom stereocenters. The number of carbonyl (C=O) groups is 1. The minimum atomic E-state index is -0.314. The molecule has 0 spiro atoms. The van der Waals surface area contributed by atoms with E-state index >= 15 is 0 Å². The Hall–Kier alpha value is -1.13. The van der Waals surface area contributed by atoms with E-state index < -0.39 is 0 Å². The summed E-state index contributed by atoms with van der Waals surface area (Å²) in [4.78, 5) is 15.1. The van der Waals surface area contributed by atoms with Crippen LogP contribution >= 0.6 is 23.4 Å². The number of thioether (sulfide) groups is 1. The number of carbonyl (C=O) groups excluding carboxylic acids is 1. The molecule has 3 nitrogen and oxygen atoms in total. The van der Waals surface area contributed by atoms with Crippen molar-refractivity contribution < 1.29 is 9.53 Å². The molecular weight excluding hydrogens is 270 g/mol. The van der Waals surface area contributed by atoms with Crippen molar-refractivity contribution in [2.45, 2.75) is 11.8 Å². The van der Waals surface area contributed by atoms with Gasteiger partial charge in [-0.15, -0.1) is 0 Å². The molecule has 1 rings (SSSR count). The molecule has 0 N–H and O–H groups in total. The number of ether oxygens (including phenoxy) is 1. The van der Waals surface area contributed by atoms with Crippen molar-refractivity contribution in [3.05, 3.63) is 40.4 Å². The number of nitrogens with zero attached hydrogens (tertiary/aromatic N) is 1. The van der Waals surface area contributed by atoms with Crippen molar-refractivity contribution in [1.82, 2.24) is 4.90 Å². The van der Waals surface area contributed by atoms with E-state index in [-0.39, 0.29) is 5.97 Å². The molecule has 0 aromatic heterocycles. The van der Waals surface area contributed by atoms with E-state index in [0.717, 1.165) is 4.90 Å². The molecule has 98 valence electrons. The highest BCUT2D eigenvalue weighted by Crippen LogP contribution is 2.28. The van der Waals surface area contributed by atoms with Crippen molar-refractivity contribution in [1.29, 1.82) is 0 Å². The van der Waals surface area contributed by atoms with Crippen LogP contribution in [0.4, 0.5) is 0 Å². The van der Waals surface area contributed by atoms with Crippen molar-refractivity contribution in [3.63, 3.8) is 0 Å². The van der Waals surface area contributed by atoms with Crippen LogP contribution in [0, 0.1) is 0 Å². The second kappa shape index (κ2) is 7.34. The molecule has 0 heterocycles. The minimum Gasteiger partial charge on any atom is -0.462 e. The quantitative estimate of drug-likeness (QED) is 0.471. The first-order valence-corrected chi connectivity index (χ1v) is 6.71. The summed E-state index contributed by atoms with van der Waals surface area (Å²) in [5.41, 5.74) is 0. The molecule has 0 unspecified atom stereocenters. The molecule has 0 aliphatic carbocycles. The third-order valence-corrected chi connectivity index (χ3v) is 3.15. The average molecular weight is 286 g/mol. The molecule has 0 aliphatic rings. The summed E-state index contributed by atoms with van der Waals surface area (Å²) in [5.74, 6) is -0.314. The summed E-state index contributed by atoms with van der Waals surface area (Å²) >= 11 is 7.18. The van der Waals surface area contributed by atoms with Gasteiger partial charge in [0.05, 0.1) is 6.61 Å². The largest absolute Gasteiger partial charge is 0.462 e. The maximum atomic E-state index is 11.8. The molecule has 1 aromatic carbocycles. The van der Waals surface area contributed by atoms with Gasteiger partial charge in [0.1, 0.15) is 4.91 Å². The van der Waals surface area contributed by atoms with Crippen LogP contribution in [0.2, 0.25) is 5.02 Å². The van der Waals surface area contributed by atoms with Crippen LogP contribution < -0.4 is 0 Å². The second-order valence-corrected chi connectivity index (χ2v) is 5.29. The van der Waals surface area contributed by atoms with Crippen molar-refractivity contribution in [2.75, 3.05) is 20.7 Å². The fraction of sp³-hybridized carbons (Fsp3) is 0.308. The Balaban J connectivity index is 2.85. The van der Waals surface area contributed by atoms with E-state index in [0.29, 0.717) is 16.5 Å². The van der Waals surface area contributed by atoms with Gasteiger partial charge in [0.15, 0.2) is 0 Å². The first kappa shape index (κ1) is 14.9. The van der Waals surface area contributed by atoms with Gasteiger partial charge in [0.2, 0.25) is 0 Å². The lowest BCUT2D eigenvalue weighted by molar-refractivity contribution is -0.137. The fourth-order valence-electron chi connectivity index (χ4n) is 1.19. The van der Waals surface area contributed by atoms with Gasteiger partial charge in [-0.1, -0.05) is 23.4 Å². The van der Waals surface area contributed by atoms with E-state index in [4.69, 9.17) is 16.3 Å². The number of benzene rings is 1. The first-order chi connectivity index (χ1) is 8.52. The summed E-state index contributed by atoms with van der Waals surface area (Å²) in [7, 11) is 3.73. The molecule has 0 radical (unpaired) electrons. The predicted octanol–water partition coefficient (Wildman–Crippen LogP) is 3.40. The van der Waals surface area contributed by atoms with Crippen LogP contribution in [0.15, 0.2) is 40.3 Å². The maximum Gasteiger partial charge on any atom is 0.346 e. The Kier molecular flexibility index (Phi) is 6.09. The van der Waals surface area contributed by atoms with Crippen molar-refractivity contribution >= 4 is 29.3 Å². The summed E-state index contributed by atoms with van der Waals surface area (Å²) in [6, 6.07) is 7.33. The Morgan fingerprint density at radius 3 is 2.50 bits per heavy atom. The van der Waals surface area contributed by atoms with Gasteiger partial charge in [0.25, 0.3) is 0 Å². The Bertz CT molecular complexity index is 429. The standard InChI is InChI=1S/C13H16ClNO2S/c1-4-17-13(16)12(9-15(2)3)18-11-7-5-10(14)6-8-11/h5-9H,4H2,1-3H3/b12-9+. The van der Waals surface area contributed by atoms with E-state index in [1.54, 1.807) is 25.3 Å². The summed E-state index contributed by atoms with van der Waals surface area (Å²) in [5, 5.41) is 0.675. The average Bonchev–Trinajstić information content (AvgIpc) is 2.31. The highest BCUT2D eigenvalue weighted by Gasteiger charge is 2.12. The molecule has 1 aromatic rings. The molecule has 0 bridgehead atoms. The number of hydrogen-bond donors (Lipinski definition) is 0. The summed E-state index contributed by atoms with van der Waals surface area (Å²) in [6.07, 6.45) is 1.75. The van der Waals surface area contributed by atoms with Gasteiger partial charge in [0, 0.05) is 30.2 Å². The van der Waals surface area contributed by atoms with Gasteiger partial charge in [-0.05, 0) is 31.2 Å². The molecular formula is C13H16ClNO2S. The van der Waals surface area contributed by atoms with Gasteiger partial charge >= 0.3 is 5.97 Å². The molecule has 0 amide bonds. The zero-order valence-electron chi connectivity index (χ0n) is 10.6. The van der Waals surface area contributed by atoms with Gasteiger partial charge < -0.3 is 9.64 Å². The van der Waals surface area contributed by atoms with Gasteiger partial charge in [-0.3, -0.25) is 0 Å². The summed E-state index contributed by atoms with van der Waals surface area (Å²) < 4.78 is 5.02. The van der Waals surface area contributed by atoms with Crippen LogP contribution in [0.3, 0.4) is 0 Å². The normalized spacial score (nSPS) is 11.2. The summed E-state index contributed by atoms with van der Waals surface area (Å²) in [6.45, 7) is 2.16. The number of halogens is 1.